The monoisotopic (exact) mass is 798 g/mol. The Bertz CT molecular complexity index is 1940. The van der Waals surface area contributed by atoms with Gasteiger partial charge in [0, 0.05) is 47.1 Å². The zero-order valence-electron chi connectivity index (χ0n) is 32.1. The van der Waals surface area contributed by atoms with Crippen LogP contribution in [-0.4, -0.2) is 102 Å². The zero-order valence-corrected chi connectivity index (χ0v) is 32.1. The van der Waals surface area contributed by atoms with Gasteiger partial charge in [-0.05, 0) is 11.1 Å². The van der Waals surface area contributed by atoms with Crippen molar-refractivity contribution in [3.63, 3.8) is 0 Å². The molecule has 2 aliphatic heterocycles. The van der Waals surface area contributed by atoms with Crippen molar-refractivity contribution in [3.05, 3.63) is 105 Å². The molecule has 0 radical (unpaired) electrons. The van der Waals surface area contributed by atoms with E-state index in [4.69, 9.17) is 47.4 Å². The minimum Gasteiger partial charge on any atom is -0.463 e. The van der Waals surface area contributed by atoms with E-state index >= 15 is 0 Å². The smallest absolute Gasteiger partial charge is 0.335 e. The largest absolute Gasteiger partial charge is 0.463 e. The standard InChI is InChI=1S/C39H46N2O16/c1-23(42)50-20-30-33(53-24(2)43)34(54-25(3)44)36(55-26(4)45)38(57-30)52-21-29-32(48-5)35(51-19-28-14-10-7-11-15-28)37(56-29)40-17-16-31(46)41(39(40)47)22-49-18-27-12-8-6-9-13-27/h6-17,29-30,32-38H,18-22H2,1-5H3/t29-,30-,32-,33-,34+,35-,36+,37-,38+/m1/s1. The molecule has 0 aliphatic carbocycles. The lowest BCUT2D eigenvalue weighted by molar-refractivity contribution is -0.312. The second-order valence-electron chi connectivity index (χ2n) is 13.2. The molecule has 308 valence electrons. The molecule has 18 heteroatoms. The Morgan fingerprint density at radius 3 is 1.81 bits per heavy atom. The van der Waals surface area contributed by atoms with Crippen molar-refractivity contribution >= 4 is 23.9 Å². The average molecular weight is 799 g/mol. The second-order valence-corrected chi connectivity index (χ2v) is 13.2. The zero-order chi connectivity index (χ0) is 41.1. The van der Waals surface area contributed by atoms with Crippen molar-refractivity contribution in [3.8, 4) is 0 Å². The fourth-order valence-corrected chi connectivity index (χ4v) is 6.48. The molecular weight excluding hydrogens is 752 g/mol. The van der Waals surface area contributed by atoms with Crippen LogP contribution in [0, 0.1) is 0 Å². The van der Waals surface area contributed by atoms with E-state index in [1.165, 1.54) is 23.9 Å². The third-order valence-corrected chi connectivity index (χ3v) is 8.92. The molecule has 2 saturated heterocycles. The summed E-state index contributed by atoms with van der Waals surface area (Å²) in [5.74, 6) is -3.08. The lowest BCUT2D eigenvalue weighted by Gasteiger charge is -2.44. The van der Waals surface area contributed by atoms with Crippen LogP contribution in [-0.2, 0) is 86.5 Å². The third kappa shape index (κ3) is 11.4. The normalized spacial score (nSPS) is 25.7. The molecule has 9 atom stereocenters. The number of esters is 4. The number of aromatic nitrogens is 2. The Morgan fingerprint density at radius 1 is 0.632 bits per heavy atom. The van der Waals surface area contributed by atoms with Gasteiger partial charge in [-0.1, -0.05) is 60.7 Å². The van der Waals surface area contributed by atoms with E-state index in [9.17, 15) is 28.8 Å². The van der Waals surface area contributed by atoms with E-state index in [-0.39, 0.29) is 26.6 Å². The SMILES string of the molecule is CO[C@H]1[C@@H](OCc2ccccc2)[C@H](n2ccc(=O)n(COCc3ccccc3)c2=O)O[C@@H]1CO[C@H]1O[C@H](COC(C)=O)[C@@H](OC(C)=O)[C@H](OC(C)=O)[C@@H]1OC(C)=O. The molecule has 5 rings (SSSR count). The Morgan fingerprint density at radius 2 is 1.21 bits per heavy atom. The lowest BCUT2D eigenvalue weighted by Crippen LogP contribution is -2.63. The topological polar surface area (TPSA) is 205 Å². The fraction of sp³-hybridized carbons (Fsp3) is 0.487. The van der Waals surface area contributed by atoms with Crippen LogP contribution >= 0.6 is 0 Å². The Labute approximate surface area is 327 Å². The van der Waals surface area contributed by atoms with Crippen LogP contribution in [0.3, 0.4) is 0 Å². The summed E-state index contributed by atoms with van der Waals surface area (Å²) < 4.78 is 60.4. The first-order chi connectivity index (χ1) is 27.4. The van der Waals surface area contributed by atoms with E-state index in [1.807, 2.05) is 60.7 Å². The molecular formula is C39H46N2O16. The Kier molecular flexibility index (Phi) is 15.2. The third-order valence-electron chi connectivity index (χ3n) is 8.92. The van der Waals surface area contributed by atoms with Crippen LogP contribution in [0.1, 0.15) is 45.0 Å². The van der Waals surface area contributed by atoms with Crippen molar-refractivity contribution in [1.29, 1.82) is 0 Å². The summed E-state index contributed by atoms with van der Waals surface area (Å²) in [5, 5.41) is 0. The summed E-state index contributed by atoms with van der Waals surface area (Å²) in [6.45, 7) is 3.56. The summed E-state index contributed by atoms with van der Waals surface area (Å²) in [7, 11) is 1.41. The number of carbonyl (C=O) groups is 4. The molecule has 3 aromatic rings. The van der Waals surface area contributed by atoms with E-state index in [0.29, 0.717) is 0 Å². The number of ether oxygens (including phenoxy) is 10. The highest BCUT2D eigenvalue weighted by atomic mass is 16.7. The maximum atomic E-state index is 13.9. The number of hydrogen-bond donors (Lipinski definition) is 0. The maximum absolute atomic E-state index is 13.9. The van der Waals surface area contributed by atoms with Gasteiger partial charge in [-0.2, -0.15) is 0 Å². The number of methoxy groups -OCH3 is 1. The summed E-state index contributed by atoms with van der Waals surface area (Å²) in [4.78, 5) is 75.4. The van der Waals surface area contributed by atoms with Crippen LogP contribution < -0.4 is 11.2 Å². The number of rotatable bonds is 17. The molecule has 1 aromatic heterocycles. The molecule has 2 fully saturated rings. The fourth-order valence-electron chi connectivity index (χ4n) is 6.48. The van der Waals surface area contributed by atoms with E-state index < -0.39 is 97.0 Å². The van der Waals surface area contributed by atoms with Gasteiger partial charge in [-0.15, -0.1) is 0 Å². The first kappa shape index (κ1) is 42.9. The van der Waals surface area contributed by atoms with E-state index in [0.717, 1.165) is 43.4 Å². The molecule has 0 saturated carbocycles. The van der Waals surface area contributed by atoms with Crippen LogP contribution in [0.5, 0.6) is 0 Å². The van der Waals surface area contributed by atoms with Crippen molar-refractivity contribution in [1.82, 2.24) is 9.13 Å². The van der Waals surface area contributed by atoms with Crippen molar-refractivity contribution in [2.75, 3.05) is 20.3 Å². The van der Waals surface area contributed by atoms with Crippen LogP contribution in [0.4, 0.5) is 0 Å². The molecule has 57 heavy (non-hydrogen) atoms. The number of benzene rings is 2. The van der Waals surface area contributed by atoms with Gasteiger partial charge in [0.05, 0.1) is 19.8 Å². The first-order valence-electron chi connectivity index (χ1n) is 18.1. The lowest BCUT2D eigenvalue weighted by atomic mass is 9.98. The quantitative estimate of drug-likeness (QED) is 0.141. The molecule has 2 aromatic carbocycles. The Hall–Kier alpha value is -5.24. The van der Waals surface area contributed by atoms with Gasteiger partial charge in [0.1, 0.15) is 37.8 Å². The number of carbonyl (C=O) groups excluding carboxylic acids is 4. The summed E-state index contributed by atoms with van der Waals surface area (Å²) in [6.07, 6.45) is -9.86. The summed E-state index contributed by atoms with van der Waals surface area (Å²) in [6, 6.07) is 19.7. The van der Waals surface area contributed by atoms with Gasteiger partial charge in [0.15, 0.2) is 30.8 Å². The molecule has 0 N–H and O–H groups in total. The minimum atomic E-state index is -1.51. The first-order valence-corrected chi connectivity index (χ1v) is 18.1. The van der Waals surface area contributed by atoms with Gasteiger partial charge in [0.25, 0.3) is 5.56 Å². The van der Waals surface area contributed by atoms with Gasteiger partial charge >= 0.3 is 29.6 Å². The highest BCUT2D eigenvalue weighted by Gasteiger charge is 2.54. The molecule has 3 heterocycles. The molecule has 0 amide bonds. The highest BCUT2D eigenvalue weighted by Crippen LogP contribution is 2.35. The minimum absolute atomic E-state index is 0.0904. The van der Waals surface area contributed by atoms with Crippen molar-refractivity contribution < 1.29 is 66.5 Å². The van der Waals surface area contributed by atoms with Gasteiger partial charge in [-0.3, -0.25) is 28.5 Å². The van der Waals surface area contributed by atoms with E-state index in [1.54, 1.807) is 0 Å². The van der Waals surface area contributed by atoms with Gasteiger partial charge in [0.2, 0.25) is 0 Å². The molecule has 18 nitrogen and oxygen atoms in total. The van der Waals surface area contributed by atoms with Gasteiger partial charge < -0.3 is 47.4 Å². The number of nitrogens with zero attached hydrogens (tertiary/aromatic N) is 2. The number of hydrogen-bond acceptors (Lipinski definition) is 16. The molecule has 0 unspecified atom stereocenters. The summed E-state index contributed by atoms with van der Waals surface area (Å²) >= 11 is 0. The molecule has 0 bridgehead atoms. The van der Waals surface area contributed by atoms with Gasteiger partial charge in [-0.25, -0.2) is 9.36 Å². The van der Waals surface area contributed by atoms with Crippen LogP contribution in [0.25, 0.3) is 0 Å². The van der Waals surface area contributed by atoms with Crippen molar-refractivity contribution in [2.24, 2.45) is 0 Å². The van der Waals surface area contributed by atoms with Crippen LogP contribution in [0.15, 0.2) is 82.5 Å². The summed E-state index contributed by atoms with van der Waals surface area (Å²) in [5.41, 5.74) is 0.313. The predicted octanol–water partition coefficient (Wildman–Crippen LogP) is 1.78. The molecule has 2 aliphatic rings. The highest BCUT2D eigenvalue weighted by molar-refractivity contribution is 5.68. The second kappa shape index (κ2) is 20.3. The molecule has 0 spiro atoms. The average Bonchev–Trinajstić information content (AvgIpc) is 3.52. The van der Waals surface area contributed by atoms with Crippen molar-refractivity contribution in [2.45, 2.75) is 103 Å². The Balaban J connectivity index is 1.44. The van der Waals surface area contributed by atoms with Crippen LogP contribution in [0.2, 0.25) is 0 Å². The van der Waals surface area contributed by atoms with E-state index in [2.05, 4.69) is 0 Å². The maximum Gasteiger partial charge on any atom is 0.335 e. The predicted molar refractivity (Wildman–Crippen MR) is 194 cm³/mol.